The Labute approximate surface area is 162 Å². The molecule has 0 unspecified atom stereocenters. The summed E-state index contributed by atoms with van der Waals surface area (Å²) in [5, 5.41) is 22.3. The summed E-state index contributed by atoms with van der Waals surface area (Å²) in [7, 11) is 0. The molecule has 1 aliphatic heterocycles. The van der Waals surface area contributed by atoms with Gasteiger partial charge in [0.25, 0.3) is 16.8 Å². The number of nitro groups is 1. The lowest BCUT2D eigenvalue weighted by molar-refractivity contribution is -0.384. The maximum absolute atomic E-state index is 12.4. The molecule has 2 aromatic rings. The van der Waals surface area contributed by atoms with Crippen LogP contribution in [0.1, 0.15) is 5.56 Å². The molecule has 9 nitrogen and oxygen atoms in total. The number of benzene rings is 2. The summed E-state index contributed by atoms with van der Waals surface area (Å²) in [6.45, 7) is -0.500. The molecule has 2 aromatic carbocycles. The second-order valence-electron chi connectivity index (χ2n) is 5.68. The first-order valence-corrected chi connectivity index (χ1v) is 8.74. The molecule has 0 aliphatic carbocycles. The molecule has 142 valence electrons. The van der Waals surface area contributed by atoms with Gasteiger partial charge >= 0.3 is 0 Å². The standard InChI is InChI=1S/C18H13N3O6S/c22-14-4-2-1-3-11(14)9-15-17(24)20(18(25)28-15)10-16(23)19-12-5-7-13(8-6-12)21(26)27/h1-9,22H,10H2,(H,19,23)/b15-9-. The number of nitrogens with one attached hydrogen (secondary N) is 1. The topological polar surface area (TPSA) is 130 Å². The number of non-ortho nitro benzene ring substituents is 1. The molecule has 0 atom stereocenters. The average molecular weight is 399 g/mol. The Morgan fingerprint density at radius 3 is 2.50 bits per heavy atom. The third kappa shape index (κ3) is 4.18. The number of amides is 3. The lowest BCUT2D eigenvalue weighted by Crippen LogP contribution is -2.36. The lowest BCUT2D eigenvalue weighted by Gasteiger charge is -2.12. The molecule has 1 fully saturated rings. The zero-order valence-corrected chi connectivity index (χ0v) is 15.0. The van der Waals surface area contributed by atoms with Crippen LogP contribution >= 0.6 is 11.8 Å². The van der Waals surface area contributed by atoms with Crippen LogP contribution in [-0.4, -0.2) is 38.5 Å². The predicted octanol–water partition coefficient (Wildman–Crippen LogP) is 2.98. The number of carbonyl (C=O) groups is 3. The largest absolute Gasteiger partial charge is 0.507 e. The van der Waals surface area contributed by atoms with Crippen molar-refractivity contribution in [3.05, 3.63) is 69.1 Å². The maximum Gasteiger partial charge on any atom is 0.294 e. The number of imide groups is 1. The first-order valence-electron chi connectivity index (χ1n) is 7.93. The lowest BCUT2D eigenvalue weighted by atomic mass is 10.2. The molecule has 10 heteroatoms. The van der Waals surface area contributed by atoms with Crippen molar-refractivity contribution in [2.75, 3.05) is 11.9 Å². The Kier molecular flexibility index (Phi) is 5.41. The highest BCUT2D eigenvalue weighted by Crippen LogP contribution is 2.33. The fraction of sp³-hybridized carbons (Fsp3) is 0.0556. The molecule has 0 aromatic heterocycles. The minimum absolute atomic E-state index is 0.0368. The Balaban J connectivity index is 1.68. The van der Waals surface area contributed by atoms with Crippen molar-refractivity contribution in [3.63, 3.8) is 0 Å². The number of hydrogen-bond donors (Lipinski definition) is 2. The van der Waals surface area contributed by atoms with Crippen molar-refractivity contribution in [2.24, 2.45) is 0 Å². The number of hydrogen-bond acceptors (Lipinski definition) is 7. The van der Waals surface area contributed by atoms with Gasteiger partial charge in [-0.2, -0.15) is 0 Å². The number of nitro benzene ring substituents is 1. The minimum Gasteiger partial charge on any atom is -0.507 e. The highest BCUT2D eigenvalue weighted by Gasteiger charge is 2.36. The van der Waals surface area contributed by atoms with E-state index in [2.05, 4.69) is 5.32 Å². The first-order chi connectivity index (χ1) is 13.3. The van der Waals surface area contributed by atoms with E-state index in [-0.39, 0.29) is 16.3 Å². The van der Waals surface area contributed by atoms with Gasteiger partial charge in [0.05, 0.1) is 9.83 Å². The predicted molar refractivity (Wildman–Crippen MR) is 103 cm³/mol. The van der Waals surface area contributed by atoms with Crippen molar-refractivity contribution >= 4 is 46.3 Å². The molecule has 0 saturated carbocycles. The van der Waals surface area contributed by atoms with Crippen LogP contribution in [0.25, 0.3) is 6.08 Å². The number of phenols is 1. The molecular formula is C18H13N3O6S. The molecule has 0 radical (unpaired) electrons. The molecule has 28 heavy (non-hydrogen) atoms. The zero-order valence-electron chi connectivity index (χ0n) is 14.2. The Morgan fingerprint density at radius 1 is 1.18 bits per heavy atom. The van der Waals surface area contributed by atoms with Crippen molar-refractivity contribution < 1.29 is 24.4 Å². The van der Waals surface area contributed by atoms with Crippen LogP contribution < -0.4 is 5.32 Å². The first kappa shape index (κ1) is 19.1. The molecule has 0 spiro atoms. The normalized spacial score (nSPS) is 15.1. The van der Waals surface area contributed by atoms with E-state index in [0.717, 1.165) is 4.90 Å². The monoisotopic (exact) mass is 399 g/mol. The van der Waals surface area contributed by atoms with Crippen molar-refractivity contribution in [1.82, 2.24) is 4.90 Å². The second-order valence-corrected chi connectivity index (χ2v) is 6.67. The number of anilines is 1. The van der Waals surface area contributed by atoms with Crippen molar-refractivity contribution in [3.8, 4) is 5.75 Å². The highest BCUT2D eigenvalue weighted by atomic mass is 32.2. The number of thioether (sulfide) groups is 1. The van der Waals surface area contributed by atoms with Gasteiger partial charge in [0.2, 0.25) is 5.91 Å². The second kappa shape index (κ2) is 7.92. The van der Waals surface area contributed by atoms with Crippen LogP contribution in [0.5, 0.6) is 5.75 Å². The van der Waals surface area contributed by atoms with Gasteiger partial charge in [-0.05, 0) is 36.0 Å². The molecular weight excluding hydrogens is 386 g/mol. The fourth-order valence-electron chi connectivity index (χ4n) is 2.40. The number of nitrogens with zero attached hydrogens (tertiary/aromatic N) is 2. The highest BCUT2D eigenvalue weighted by molar-refractivity contribution is 8.18. The van der Waals surface area contributed by atoms with Crippen LogP contribution in [0.3, 0.4) is 0 Å². The van der Waals surface area contributed by atoms with Crippen LogP contribution in [0.15, 0.2) is 53.4 Å². The van der Waals surface area contributed by atoms with E-state index in [1.807, 2.05) is 0 Å². The van der Waals surface area contributed by atoms with Crippen LogP contribution in [0.4, 0.5) is 16.2 Å². The van der Waals surface area contributed by atoms with Gasteiger partial charge in [0, 0.05) is 23.4 Å². The summed E-state index contributed by atoms with van der Waals surface area (Å²) in [5.41, 5.74) is 0.550. The van der Waals surface area contributed by atoms with Crippen LogP contribution in [0, 0.1) is 10.1 Å². The summed E-state index contributed by atoms with van der Waals surface area (Å²) >= 11 is 0.671. The van der Waals surface area contributed by atoms with E-state index in [4.69, 9.17) is 0 Å². The number of rotatable bonds is 5. The Morgan fingerprint density at radius 2 is 1.86 bits per heavy atom. The number of para-hydroxylation sites is 1. The number of aromatic hydroxyl groups is 1. The smallest absolute Gasteiger partial charge is 0.294 e. The molecule has 0 bridgehead atoms. The van der Waals surface area contributed by atoms with E-state index in [1.165, 1.54) is 36.4 Å². The van der Waals surface area contributed by atoms with Gasteiger partial charge in [-0.15, -0.1) is 0 Å². The quantitative estimate of drug-likeness (QED) is 0.449. The van der Waals surface area contributed by atoms with Gasteiger partial charge in [0.1, 0.15) is 12.3 Å². The van der Waals surface area contributed by atoms with E-state index < -0.39 is 28.5 Å². The third-order valence-electron chi connectivity index (χ3n) is 3.76. The van der Waals surface area contributed by atoms with E-state index in [9.17, 15) is 29.6 Å². The Hall–Kier alpha value is -3.66. The molecule has 3 rings (SSSR count). The van der Waals surface area contributed by atoms with Gasteiger partial charge in [-0.25, -0.2) is 0 Å². The van der Waals surface area contributed by atoms with Crippen LogP contribution in [-0.2, 0) is 9.59 Å². The summed E-state index contributed by atoms with van der Waals surface area (Å²) in [4.78, 5) is 47.6. The summed E-state index contributed by atoms with van der Waals surface area (Å²) in [5.74, 6) is -1.30. The van der Waals surface area contributed by atoms with Gasteiger partial charge in [-0.3, -0.25) is 29.4 Å². The zero-order chi connectivity index (χ0) is 20.3. The molecule has 1 heterocycles. The van der Waals surface area contributed by atoms with Gasteiger partial charge in [0.15, 0.2) is 0 Å². The molecule has 1 aliphatic rings. The molecule has 1 saturated heterocycles. The van der Waals surface area contributed by atoms with Crippen molar-refractivity contribution in [2.45, 2.75) is 0 Å². The van der Waals surface area contributed by atoms with Crippen molar-refractivity contribution in [1.29, 1.82) is 0 Å². The average Bonchev–Trinajstić information content (AvgIpc) is 2.91. The summed E-state index contributed by atoms with van der Waals surface area (Å²) < 4.78 is 0. The van der Waals surface area contributed by atoms with E-state index in [1.54, 1.807) is 18.2 Å². The van der Waals surface area contributed by atoms with Gasteiger partial charge in [-0.1, -0.05) is 18.2 Å². The summed E-state index contributed by atoms with van der Waals surface area (Å²) in [6.07, 6.45) is 1.38. The van der Waals surface area contributed by atoms with E-state index in [0.29, 0.717) is 23.0 Å². The third-order valence-corrected chi connectivity index (χ3v) is 4.67. The number of phenolic OH excluding ortho intramolecular Hbond substituents is 1. The van der Waals surface area contributed by atoms with E-state index >= 15 is 0 Å². The van der Waals surface area contributed by atoms with Crippen LogP contribution in [0.2, 0.25) is 0 Å². The molecule has 3 amide bonds. The maximum atomic E-state index is 12.4. The Bertz CT molecular complexity index is 1000. The molecule has 2 N–H and O–H groups in total. The van der Waals surface area contributed by atoms with Gasteiger partial charge < -0.3 is 10.4 Å². The summed E-state index contributed by atoms with van der Waals surface area (Å²) in [6, 6.07) is 11.5. The number of carbonyl (C=O) groups excluding carboxylic acids is 3. The SMILES string of the molecule is O=C(CN1C(=O)S/C(=C\c2ccccc2O)C1=O)Nc1ccc([N+](=O)[O-])cc1. The fourth-order valence-corrected chi connectivity index (χ4v) is 3.23. The minimum atomic E-state index is -0.642.